The Morgan fingerprint density at radius 3 is 2.88 bits per heavy atom. The number of urea groups is 1. The predicted octanol–water partition coefficient (Wildman–Crippen LogP) is -1.14. The molecule has 90 valence electrons. The second-order valence-corrected chi connectivity index (χ2v) is 4.59. The number of hydrogen-bond donors (Lipinski definition) is 3. The number of nitrogens with zero attached hydrogens (tertiary/aromatic N) is 1. The summed E-state index contributed by atoms with van der Waals surface area (Å²) in [5, 5.41) is 5.54. The van der Waals surface area contributed by atoms with E-state index in [1.807, 2.05) is 0 Å². The quantitative estimate of drug-likeness (QED) is 0.555. The van der Waals surface area contributed by atoms with Crippen molar-refractivity contribution in [3.8, 4) is 0 Å². The largest absolute Gasteiger partial charge is 0.351 e. The Balaban J connectivity index is 1.89. The van der Waals surface area contributed by atoms with Gasteiger partial charge in [0.1, 0.15) is 0 Å². The molecule has 2 heterocycles. The highest BCUT2D eigenvalue weighted by Gasteiger charge is 2.39. The maximum Gasteiger partial charge on any atom is 0.318 e. The maximum atomic E-state index is 11.6. The lowest BCUT2D eigenvalue weighted by atomic mass is 10.1. The van der Waals surface area contributed by atoms with Crippen LogP contribution in [0.25, 0.3) is 0 Å². The van der Waals surface area contributed by atoms with E-state index in [0.717, 1.165) is 19.6 Å². The van der Waals surface area contributed by atoms with E-state index in [9.17, 15) is 9.59 Å². The number of likely N-dealkylation sites (tertiary alicyclic amines) is 1. The average molecular weight is 226 g/mol. The van der Waals surface area contributed by atoms with Crippen molar-refractivity contribution in [3.05, 3.63) is 0 Å². The molecule has 3 atom stereocenters. The van der Waals surface area contributed by atoms with Gasteiger partial charge < -0.3 is 11.1 Å². The van der Waals surface area contributed by atoms with E-state index in [0.29, 0.717) is 12.0 Å². The van der Waals surface area contributed by atoms with Gasteiger partial charge in [-0.15, -0.1) is 0 Å². The average Bonchev–Trinajstić information content (AvgIpc) is 2.74. The van der Waals surface area contributed by atoms with Gasteiger partial charge in [-0.2, -0.15) is 0 Å². The molecule has 6 heteroatoms. The molecule has 0 spiro atoms. The zero-order chi connectivity index (χ0) is 11.7. The monoisotopic (exact) mass is 226 g/mol. The Bertz CT molecular complexity index is 295. The van der Waals surface area contributed by atoms with Crippen LogP contribution in [-0.4, -0.2) is 48.6 Å². The molecule has 2 rings (SSSR count). The first-order valence-electron chi connectivity index (χ1n) is 5.65. The summed E-state index contributed by atoms with van der Waals surface area (Å²) in [4.78, 5) is 24.3. The van der Waals surface area contributed by atoms with Gasteiger partial charge >= 0.3 is 6.03 Å². The predicted molar refractivity (Wildman–Crippen MR) is 58.7 cm³/mol. The molecule has 0 bridgehead atoms. The summed E-state index contributed by atoms with van der Waals surface area (Å²) in [6, 6.07) is -0.571. The smallest absolute Gasteiger partial charge is 0.318 e. The third-order valence-corrected chi connectivity index (χ3v) is 3.56. The van der Waals surface area contributed by atoms with Crippen LogP contribution < -0.4 is 16.4 Å². The summed E-state index contributed by atoms with van der Waals surface area (Å²) in [6.07, 6.45) is 1.17. The number of carbonyl (C=O) groups is 2. The Morgan fingerprint density at radius 2 is 2.25 bits per heavy atom. The third kappa shape index (κ3) is 2.17. The second-order valence-electron chi connectivity index (χ2n) is 4.59. The summed E-state index contributed by atoms with van der Waals surface area (Å²) in [5.74, 6) is 0.330. The molecule has 0 aromatic carbocycles. The molecule has 0 saturated carbocycles. The van der Waals surface area contributed by atoms with Gasteiger partial charge in [0.05, 0.1) is 6.04 Å². The van der Waals surface area contributed by atoms with Crippen molar-refractivity contribution in [2.75, 3.05) is 19.6 Å². The molecule has 2 aliphatic heterocycles. The van der Waals surface area contributed by atoms with Crippen LogP contribution in [0.1, 0.15) is 13.3 Å². The summed E-state index contributed by atoms with van der Waals surface area (Å²) in [7, 11) is 0. The fourth-order valence-electron chi connectivity index (χ4n) is 2.59. The zero-order valence-corrected chi connectivity index (χ0v) is 9.40. The van der Waals surface area contributed by atoms with Gasteiger partial charge in [0.2, 0.25) is 5.91 Å². The van der Waals surface area contributed by atoms with Crippen LogP contribution in [0.4, 0.5) is 4.79 Å². The van der Waals surface area contributed by atoms with E-state index in [1.54, 1.807) is 6.92 Å². The molecule has 4 N–H and O–H groups in total. The van der Waals surface area contributed by atoms with Crippen LogP contribution in [0.5, 0.6) is 0 Å². The Kier molecular flexibility index (Phi) is 3.11. The molecular formula is C10H18N4O2. The summed E-state index contributed by atoms with van der Waals surface area (Å²) in [6.45, 7) is 4.67. The molecule has 2 fully saturated rings. The fraction of sp³-hybridized carbons (Fsp3) is 0.800. The molecule has 6 nitrogen and oxygen atoms in total. The molecule has 0 aromatic rings. The van der Waals surface area contributed by atoms with Crippen molar-refractivity contribution < 1.29 is 9.59 Å². The first-order chi connectivity index (χ1) is 7.58. The first kappa shape index (κ1) is 11.3. The number of imide groups is 1. The summed E-state index contributed by atoms with van der Waals surface area (Å²) < 4.78 is 0. The number of nitrogens with one attached hydrogen (secondary N) is 2. The lowest BCUT2D eigenvalue weighted by Gasteiger charge is -2.23. The van der Waals surface area contributed by atoms with Crippen molar-refractivity contribution in [1.82, 2.24) is 15.5 Å². The highest BCUT2D eigenvalue weighted by molar-refractivity contribution is 5.96. The van der Waals surface area contributed by atoms with E-state index < -0.39 is 6.03 Å². The standard InChI is InChI=1S/C10H18N4O2/c1-6(9(15)13-10(11)16)14-4-7-2-3-12-8(7)5-14/h6-8,12H,2-5H2,1H3,(H3,11,13,15,16)/t6?,7-,8+/m0/s1. The molecule has 2 aliphatic rings. The Morgan fingerprint density at radius 1 is 1.50 bits per heavy atom. The lowest BCUT2D eigenvalue weighted by Crippen LogP contribution is -2.48. The highest BCUT2D eigenvalue weighted by atomic mass is 16.2. The van der Waals surface area contributed by atoms with Crippen molar-refractivity contribution in [2.24, 2.45) is 11.7 Å². The highest BCUT2D eigenvalue weighted by Crippen LogP contribution is 2.25. The minimum Gasteiger partial charge on any atom is -0.351 e. The van der Waals surface area contributed by atoms with Gasteiger partial charge in [-0.3, -0.25) is 15.0 Å². The first-order valence-corrected chi connectivity index (χ1v) is 5.65. The summed E-state index contributed by atoms with van der Waals surface area (Å²) >= 11 is 0. The molecule has 3 amide bonds. The van der Waals surface area contributed by atoms with Gasteiger partial charge in [-0.1, -0.05) is 0 Å². The number of nitrogens with two attached hydrogens (primary N) is 1. The zero-order valence-electron chi connectivity index (χ0n) is 9.40. The fourth-order valence-corrected chi connectivity index (χ4v) is 2.59. The van der Waals surface area contributed by atoms with Gasteiger partial charge in [0.25, 0.3) is 0 Å². The van der Waals surface area contributed by atoms with E-state index in [-0.39, 0.29) is 11.9 Å². The number of fused-ring (bicyclic) bond motifs is 1. The Labute approximate surface area is 94.5 Å². The number of hydrogen-bond acceptors (Lipinski definition) is 4. The van der Waals surface area contributed by atoms with Crippen LogP contribution in [0.3, 0.4) is 0 Å². The van der Waals surface area contributed by atoms with Crippen LogP contribution in [0.2, 0.25) is 0 Å². The number of amides is 3. The minimum atomic E-state index is -0.783. The van der Waals surface area contributed by atoms with E-state index >= 15 is 0 Å². The van der Waals surface area contributed by atoms with Crippen LogP contribution in [0.15, 0.2) is 0 Å². The maximum absolute atomic E-state index is 11.6. The third-order valence-electron chi connectivity index (χ3n) is 3.56. The van der Waals surface area contributed by atoms with Gasteiger partial charge in [-0.05, 0) is 25.8 Å². The SMILES string of the molecule is CC(C(=O)NC(N)=O)N1C[C@@H]2CCN[C@@H]2C1. The normalized spacial score (nSPS) is 31.1. The molecular weight excluding hydrogens is 208 g/mol. The van der Waals surface area contributed by atoms with Crippen molar-refractivity contribution >= 4 is 11.9 Å². The topological polar surface area (TPSA) is 87.5 Å². The Hall–Kier alpha value is -1.14. The lowest BCUT2D eigenvalue weighted by molar-refractivity contribution is -0.124. The summed E-state index contributed by atoms with van der Waals surface area (Å²) in [5.41, 5.74) is 4.92. The second kappa shape index (κ2) is 4.39. The molecule has 16 heavy (non-hydrogen) atoms. The minimum absolute atomic E-state index is 0.292. The van der Waals surface area contributed by atoms with Gasteiger partial charge in [-0.25, -0.2) is 4.79 Å². The molecule has 2 saturated heterocycles. The van der Waals surface area contributed by atoms with E-state index in [4.69, 9.17) is 5.73 Å². The van der Waals surface area contributed by atoms with Crippen LogP contribution in [0, 0.1) is 5.92 Å². The number of rotatable bonds is 2. The van der Waals surface area contributed by atoms with Crippen LogP contribution in [-0.2, 0) is 4.79 Å². The van der Waals surface area contributed by atoms with Crippen molar-refractivity contribution in [1.29, 1.82) is 0 Å². The van der Waals surface area contributed by atoms with Gasteiger partial charge in [0, 0.05) is 19.1 Å². The van der Waals surface area contributed by atoms with Gasteiger partial charge in [0.15, 0.2) is 0 Å². The van der Waals surface area contributed by atoms with Crippen LogP contribution >= 0.6 is 0 Å². The number of primary amides is 1. The van der Waals surface area contributed by atoms with Crippen molar-refractivity contribution in [3.63, 3.8) is 0 Å². The van der Waals surface area contributed by atoms with Crippen molar-refractivity contribution in [2.45, 2.75) is 25.4 Å². The van der Waals surface area contributed by atoms with E-state index in [1.165, 1.54) is 6.42 Å². The van der Waals surface area contributed by atoms with E-state index in [2.05, 4.69) is 15.5 Å². The molecule has 0 radical (unpaired) electrons. The number of carbonyl (C=O) groups excluding carboxylic acids is 2. The molecule has 0 aliphatic carbocycles. The molecule has 0 aromatic heterocycles. The molecule has 1 unspecified atom stereocenters.